The summed E-state index contributed by atoms with van der Waals surface area (Å²) >= 11 is 0. The van der Waals surface area contributed by atoms with E-state index in [4.69, 9.17) is 9.26 Å². The fourth-order valence-electron chi connectivity index (χ4n) is 2.39. The van der Waals surface area contributed by atoms with Gasteiger partial charge >= 0.3 is 0 Å². The van der Waals surface area contributed by atoms with Gasteiger partial charge < -0.3 is 14.6 Å². The lowest BCUT2D eigenvalue weighted by Crippen LogP contribution is -2.32. The Morgan fingerprint density at radius 2 is 2.19 bits per heavy atom. The van der Waals surface area contributed by atoms with Crippen LogP contribution in [0.1, 0.15) is 54.0 Å². The molecule has 0 aliphatic carbocycles. The normalized spacial score (nSPS) is 17.2. The van der Waals surface area contributed by atoms with Crippen LogP contribution in [0, 0.1) is 0 Å². The molecule has 5 heteroatoms. The number of amides is 1. The third kappa shape index (κ3) is 2.77. The summed E-state index contributed by atoms with van der Waals surface area (Å²) in [4.78, 5) is 12.3. The van der Waals surface area contributed by atoms with Gasteiger partial charge in [0.05, 0.1) is 12.6 Å². The van der Waals surface area contributed by atoms with E-state index in [2.05, 4.69) is 10.5 Å². The van der Waals surface area contributed by atoms with Gasteiger partial charge in [0.2, 0.25) is 0 Å². The monoisotopic (exact) mass is 286 g/mol. The van der Waals surface area contributed by atoms with Crippen LogP contribution in [0.25, 0.3) is 0 Å². The van der Waals surface area contributed by atoms with Crippen LogP contribution in [0.2, 0.25) is 0 Å². The number of para-hydroxylation sites is 1. The van der Waals surface area contributed by atoms with Gasteiger partial charge in [-0.15, -0.1) is 0 Å². The molecule has 5 nitrogen and oxygen atoms in total. The van der Waals surface area contributed by atoms with Crippen LogP contribution in [0.3, 0.4) is 0 Å². The molecule has 0 saturated heterocycles. The number of hydrogen-bond donors (Lipinski definition) is 1. The molecule has 0 fully saturated rings. The van der Waals surface area contributed by atoms with E-state index in [0.29, 0.717) is 18.1 Å². The number of aromatic nitrogens is 1. The van der Waals surface area contributed by atoms with Crippen molar-refractivity contribution < 1.29 is 14.1 Å². The molecule has 0 bridgehead atoms. The number of rotatable bonds is 3. The molecular weight excluding hydrogens is 268 g/mol. The summed E-state index contributed by atoms with van der Waals surface area (Å²) in [6.45, 7) is 4.59. The highest BCUT2D eigenvalue weighted by Gasteiger charge is 2.24. The van der Waals surface area contributed by atoms with Crippen molar-refractivity contribution in [2.24, 2.45) is 0 Å². The number of fused-ring (bicyclic) bond motifs is 1. The van der Waals surface area contributed by atoms with E-state index in [0.717, 1.165) is 17.7 Å². The molecule has 2 aromatic rings. The van der Waals surface area contributed by atoms with E-state index in [1.807, 2.05) is 38.1 Å². The molecule has 2 heterocycles. The maximum atomic E-state index is 12.3. The average Bonchev–Trinajstić information content (AvgIpc) is 2.98. The predicted octanol–water partition coefficient (Wildman–Crippen LogP) is 3.05. The van der Waals surface area contributed by atoms with Crippen molar-refractivity contribution in [2.75, 3.05) is 6.61 Å². The third-order valence-electron chi connectivity index (χ3n) is 3.59. The number of carbonyl (C=O) groups is 1. The lowest BCUT2D eigenvalue weighted by Gasteiger charge is -2.26. The standard InChI is InChI=1S/C16H18N2O3/c1-10(2)15-9-13(18-21-15)16(19)17-12-7-8-20-14-6-4-3-5-11(12)14/h3-6,9-10,12H,7-8H2,1-2H3,(H,17,19)/t12-/m0/s1. The number of nitrogens with one attached hydrogen (secondary N) is 1. The second kappa shape index (κ2) is 5.60. The van der Waals surface area contributed by atoms with Gasteiger partial charge in [-0.05, 0) is 6.07 Å². The molecule has 0 saturated carbocycles. The summed E-state index contributed by atoms with van der Waals surface area (Å²) in [5.41, 5.74) is 1.33. The molecular formula is C16H18N2O3. The molecule has 1 aromatic heterocycles. The van der Waals surface area contributed by atoms with Crippen molar-refractivity contribution in [3.63, 3.8) is 0 Å². The molecule has 1 aliphatic rings. The molecule has 1 N–H and O–H groups in total. The summed E-state index contributed by atoms with van der Waals surface area (Å²) in [5.74, 6) is 1.54. The number of hydrogen-bond acceptors (Lipinski definition) is 4. The predicted molar refractivity (Wildman–Crippen MR) is 77.4 cm³/mol. The zero-order valence-electron chi connectivity index (χ0n) is 12.1. The van der Waals surface area contributed by atoms with Crippen molar-refractivity contribution >= 4 is 5.91 Å². The van der Waals surface area contributed by atoms with Gasteiger partial charge in [-0.3, -0.25) is 4.79 Å². The van der Waals surface area contributed by atoms with Gasteiger partial charge in [-0.1, -0.05) is 37.2 Å². The largest absolute Gasteiger partial charge is 0.493 e. The zero-order valence-corrected chi connectivity index (χ0v) is 12.1. The van der Waals surface area contributed by atoms with E-state index in [-0.39, 0.29) is 17.9 Å². The maximum absolute atomic E-state index is 12.3. The van der Waals surface area contributed by atoms with Crippen LogP contribution in [-0.4, -0.2) is 17.7 Å². The molecule has 1 aliphatic heterocycles. The minimum absolute atomic E-state index is 0.0540. The van der Waals surface area contributed by atoms with Crippen LogP contribution < -0.4 is 10.1 Å². The van der Waals surface area contributed by atoms with Gasteiger partial charge in [-0.25, -0.2) is 0 Å². The number of ether oxygens (including phenoxy) is 1. The zero-order chi connectivity index (χ0) is 14.8. The van der Waals surface area contributed by atoms with Crippen LogP contribution in [0.15, 0.2) is 34.9 Å². The van der Waals surface area contributed by atoms with E-state index < -0.39 is 0 Å². The molecule has 0 radical (unpaired) electrons. The highest BCUT2D eigenvalue weighted by molar-refractivity contribution is 5.92. The minimum atomic E-state index is -0.215. The topological polar surface area (TPSA) is 64.4 Å². The highest BCUT2D eigenvalue weighted by atomic mass is 16.5. The Labute approximate surface area is 123 Å². The molecule has 1 atom stereocenters. The molecule has 110 valence electrons. The lowest BCUT2D eigenvalue weighted by atomic mass is 10.0. The van der Waals surface area contributed by atoms with Gasteiger partial charge in [-0.2, -0.15) is 0 Å². The second-order valence-corrected chi connectivity index (χ2v) is 5.47. The van der Waals surface area contributed by atoms with Crippen LogP contribution in [0.5, 0.6) is 5.75 Å². The first kappa shape index (κ1) is 13.7. The van der Waals surface area contributed by atoms with Crippen molar-refractivity contribution in [1.29, 1.82) is 0 Å². The van der Waals surface area contributed by atoms with Crippen LogP contribution >= 0.6 is 0 Å². The van der Waals surface area contributed by atoms with E-state index >= 15 is 0 Å². The van der Waals surface area contributed by atoms with Crippen molar-refractivity contribution in [3.8, 4) is 5.75 Å². The Hall–Kier alpha value is -2.30. The van der Waals surface area contributed by atoms with E-state index in [1.54, 1.807) is 6.07 Å². The minimum Gasteiger partial charge on any atom is -0.493 e. The quantitative estimate of drug-likeness (QED) is 0.941. The first-order valence-electron chi connectivity index (χ1n) is 7.14. The lowest BCUT2D eigenvalue weighted by molar-refractivity contribution is 0.0915. The summed E-state index contributed by atoms with van der Waals surface area (Å²) in [7, 11) is 0. The Balaban J connectivity index is 1.76. The van der Waals surface area contributed by atoms with Crippen LogP contribution in [0.4, 0.5) is 0 Å². The number of benzene rings is 1. The second-order valence-electron chi connectivity index (χ2n) is 5.47. The summed E-state index contributed by atoms with van der Waals surface area (Å²) in [6.07, 6.45) is 0.748. The summed E-state index contributed by atoms with van der Waals surface area (Å²) < 4.78 is 10.8. The number of carbonyl (C=O) groups excluding carboxylic acids is 1. The average molecular weight is 286 g/mol. The first-order valence-corrected chi connectivity index (χ1v) is 7.14. The molecule has 0 spiro atoms. The smallest absolute Gasteiger partial charge is 0.273 e. The molecule has 0 unspecified atom stereocenters. The maximum Gasteiger partial charge on any atom is 0.273 e. The first-order chi connectivity index (χ1) is 10.1. The highest BCUT2D eigenvalue weighted by Crippen LogP contribution is 2.31. The Morgan fingerprint density at radius 1 is 1.38 bits per heavy atom. The Kier molecular flexibility index (Phi) is 3.64. The number of nitrogens with zero attached hydrogens (tertiary/aromatic N) is 1. The molecule has 3 rings (SSSR count). The molecule has 1 aromatic carbocycles. The molecule has 21 heavy (non-hydrogen) atoms. The molecule has 1 amide bonds. The van der Waals surface area contributed by atoms with Gasteiger partial charge in [0, 0.05) is 24.0 Å². The summed E-state index contributed by atoms with van der Waals surface area (Å²) in [6, 6.07) is 9.41. The summed E-state index contributed by atoms with van der Waals surface area (Å²) in [5, 5.41) is 6.84. The fourth-order valence-corrected chi connectivity index (χ4v) is 2.39. The van der Waals surface area contributed by atoms with E-state index in [1.165, 1.54) is 0 Å². The van der Waals surface area contributed by atoms with Gasteiger partial charge in [0.1, 0.15) is 11.5 Å². The van der Waals surface area contributed by atoms with Crippen LogP contribution in [-0.2, 0) is 0 Å². The Bertz CT molecular complexity index is 648. The SMILES string of the molecule is CC(C)c1cc(C(=O)N[C@H]2CCOc3ccccc32)no1. The van der Waals surface area contributed by atoms with Gasteiger partial charge in [0.25, 0.3) is 5.91 Å². The van der Waals surface area contributed by atoms with Crippen molar-refractivity contribution in [2.45, 2.75) is 32.2 Å². The van der Waals surface area contributed by atoms with Crippen molar-refractivity contribution in [1.82, 2.24) is 10.5 Å². The van der Waals surface area contributed by atoms with E-state index in [9.17, 15) is 4.79 Å². The third-order valence-corrected chi connectivity index (χ3v) is 3.59. The van der Waals surface area contributed by atoms with Crippen molar-refractivity contribution in [3.05, 3.63) is 47.3 Å². The fraction of sp³-hybridized carbons (Fsp3) is 0.375. The Morgan fingerprint density at radius 3 is 2.95 bits per heavy atom. The van der Waals surface area contributed by atoms with Gasteiger partial charge in [0.15, 0.2) is 5.69 Å².